The Hall–Kier alpha value is -1.00. The van der Waals surface area contributed by atoms with Crippen molar-refractivity contribution in [3.8, 4) is 0 Å². The van der Waals surface area contributed by atoms with Gasteiger partial charge in [0.25, 0.3) is 0 Å². The van der Waals surface area contributed by atoms with E-state index < -0.39 is 0 Å². The first-order valence-electron chi connectivity index (χ1n) is 6.09. The van der Waals surface area contributed by atoms with Crippen LogP contribution >= 0.6 is 12.6 Å². The number of carbonyl (C=O) groups excluding carboxylic acids is 1. The summed E-state index contributed by atoms with van der Waals surface area (Å²) in [5.74, 6) is 0.274. The van der Waals surface area contributed by atoms with Gasteiger partial charge >= 0.3 is 5.97 Å². The summed E-state index contributed by atoms with van der Waals surface area (Å²) in [6, 6.07) is 7.46. The van der Waals surface area contributed by atoms with Crippen molar-refractivity contribution in [1.82, 2.24) is 0 Å². The van der Waals surface area contributed by atoms with E-state index in [0.717, 1.165) is 10.5 Å². The van der Waals surface area contributed by atoms with E-state index in [2.05, 4.69) is 26.5 Å². The Labute approximate surface area is 114 Å². The molecule has 18 heavy (non-hydrogen) atoms. The molecule has 3 nitrogen and oxygen atoms in total. The third-order valence-electron chi connectivity index (χ3n) is 2.23. The van der Waals surface area contributed by atoms with Crippen LogP contribution in [0.15, 0.2) is 29.2 Å². The van der Waals surface area contributed by atoms with Crippen molar-refractivity contribution in [2.45, 2.75) is 25.2 Å². The lowest BCUT2D eigenvalue weighted by molar-refractivity contribution is -0.144. The second-order valence-electron chi connectivity index (χ2n) is 4.53. The molecule has 1 aromatic rings. The van der Waals surface area contributed by atoms with Gasteiger partial charge in [0.2, 0.25) is 0 Å². The quantitative estimate of drug-likeness (QED) is 0.469. The highest BCUT2D eigenvalue weighted by Gasteiger charge is 2.04. The van der Waals surface area contributed by atoms with Crippen molar-refractivity contribution in [3.05, 3.63) is 29.8 Å². The van der Waals surface area contributed by atoms with Gasteiger partial charge in [-0.05, 0) is 23.6 Å². The molecule has 0 bridgehead atoms. The molecule has 0 aromatic heterocycles. The SMILES string of the molecule is CC(C)COCCOC(=O)Cc1ccc(S)cc1. The summed E-state index contributed by atoms with van der Waals surface area (Å²) in [7, 11) is 0. The van der Waals surface area contributed by atoms with Gasteiger partial charge in [-0.15, -0.1) is 12.6 Å². The maximum atomic E-state index is 11.5. The number of benzene rings is 1. The van der Waals surface area contributed by atoms with Gasteiger partial charge in [-0.25, -0.2) is 0 Å². The fourth-order valence-corrected chi connectivity index (χ4v) is 1.51. The lowest BCUT2D eigenvalue weighted by atomic mass is 10.1. The maximum absolute atomic E-state index is 11.5. The molecule has 0 amide bonds. The van der Waals surface area contributed by atoms with Crippen molar-refractivity contribution in [2.75, 3.05) is 19.8 Å². The smallest absolute Gasteiger partial charge is 0.310 e. The van der Waals surface area contributed by atoms with E-state index in [1.165, 1.54) is 0 Å². The number of ether oxygens (including phenoxy) is 2. The van der Waals surface area contributed by atoms with Crippen LogP contribution in [0.5, 0.6) is 0 Å². The number of rotatable bonds is 7. The van der Waals surface area contributed by atoms with Crippen LogP contribution in [0.25, 0.3) is 0 Å². The average molecular weight is 268 g/mol. The van der Waals surface area contributed by atoms with Crippen LogP contribution in [0.2, 0.25) is 0 Å². The number of carbonyl (C=O) groups is 1. The molecule has 0 fully saturated rings. The van der Waals surface area contributed by atoms with Crippen LogP contribution < -0.4 is 0 Å². The summed E-state index contributed by atoms with van der Waals surface area (Å²) in [4.78, 5) is 12.4. The highest BCUT2D eigenvalue weighted by molar-refractivity contribution is 7.80. The molecule has 4 heteroatoms. The summed E-state index contributed by atoms with van der Waals surface area (Å²) in [6.07, 6.45) is 0.290. The highest BCUT2D eigenvalue weighted by atomic mass is 32.1. The van der Waals surface area contributed by atoms with E-state index in [0.29, 0.717) is 25.7 Å². The fraction of sp³-hybridized carbons (Fsp3) is 0.500. The van der Waals surface area contributed by atoms with Gasteiger partial charge < -0.3 is 9.47 Å². The molecule has 0 aliphatic rings. The predicted octanol–water partition coefficient (Wildman–Crippen LogP) is 2.73. The molecule has 0 saturated heterocycles. The van der Waals surface area contributed by atoms with Gasteiger partial charge in [-0.1, -0.05) is 26.0 Å². The van der Waals surface area contributed by atoms with Crippen LogP contribution in [0.1, 0.15) is 19.4 Å². The molecule has 100 valence electrons. The molecule has 0 unspecified atom stereocenters. The normalized spacial score (nSPS) is 10.7. The lowest BCUT2D eigenvalue weighted by Gasteiger charge is -2.07. The number of hydrogen-bond donors (Lipinski definition) is 1. The zero-order valence-corrected chi connectivity index (χ0v) is 11.8. The van der Waals surface area contributed by atoms with Gasteiger partial charge in [0.1, 0.15) is 6.61 Å². The van der Waals surface area contributed by atoms with Crippen molar-refractivity contribution < 1.29 is 14.3 Å². The molecular formula is C14H20O3S. The van der Waals surface area contributed by atoms with Gasteiger partial charge in [0.05, 0.1) is 13.0 Å². The number of esters is 1. The first-order valence-corrected chi connectivity index (χ1v) is 6.54. The van der Waals surface area contributed by atoms with Crippen LogP contribution in [-0.2, 0) is 20.7 Å². The Kier molecular flexibility index (Phi) is 6.83. The summed E-state index contributed by atoms with van der Waals surface area (Å²) in [5, 5.41) is 0. The van der Waals surface area contributed by atoms with Crippen molar-refractivity contribution in [2.24, 2.45) is 5.92 Å². The molecule has 0 aliphatic carbocycles. The van der Waals surface area contributed by atoms with Crippen molar-refractivity contribution in [1.29, 1.82) is 0 Å². The van der Waals surface area contributed by atoms with Gasteiger partial charge in [-0.2, -0.15) is 0 Å². The third kappa shape index (κ3) is 6.67. The largest absolute Gasteiger partial charge is 0.463 e. The van der Waals surface area contributed by atoms with Crippen LogP contribution in [0, 0.1) is 5.92 Å². The summed E-state index contributed by atoms with van der Waals surface area (Å²) >= 11 is 4.19. The molecule has 1 rings (SSSR count). The highest BCUT2D eigenvalue weighted by Crippen LogP contribution is 2.08. The Morgan fingerprint density at radius 3 is 2.50 bits per heavy atom. The molecule has 0 N–H and O–H groups in total. The zero-order chi connectivity index (χ0) is 13.4. The first kappa shape index (κ1) is 15.1. The molecule has 0 aliphatic heterocycles. The maximum Gasteiger partial charge on any atom is 0.310 e. The second-order valence-corrected chi connectivity index (χ2v) is 5.05. The fourth-order valence-electron chi connectivity index (χ4n) is 1.36. The standard InChI is InChI=1S/C14H20O3S/c1-11(2)10-16-7-8-17-14(15)9-12-3-5-13(18)6-4-12/h3-6,11,18H,7-10H2,1-2H3. The van der Waals surface area contributed by atoms with Gasteiger partial charge in [-0.3, -0.25) is 4.79 Å². The lowest BCUT2D eigenvalue weighted by Crippen LogP contribution is -2.14. The molecular weight excluding hydrogens is 248 g/mol. The van der Waals surface area contributed by atoms with E-state index in [1.807, 2.05) is 24.3 Å². The van der Waals surface area contributed by atoms with E-state index in [4.69, 9.17) is 9.47 Å². The van der Waals surface area contributed by atoms with E-state index in [1.54, 1.807) is 0 Å². The average Bonchev–Trinajstić information content (AvgIpc) is 2.31. The van der Waals surface area contributed by atoms with Crippen molar-refractivity contribution >= 4 is 18.6 Å². The minimum absolute atomic E-state index is 0.227. The van der Waals surface area contributed by atoms with Crippen molar-refractivity contribution in [3.63, 3.8) is 0 Å². The molecule has 0 radical (unpaired) electrons. The molecule has 0 spiro atoms. The second kappa shape index (κ2) is 8.16. The van der Waals surface area contributed by atoms with Crippen LogP contribution in [-0.4, -0.2) is 25.8 Å². The Morgan fingerprint density at radius 1 is 1.22 bits per heavy atom. The Balaban J connectivity index is 2.16. The Bertz CT molecular complexity index is 360. The number of hydrogen-bond acceptors (Lipinski definition) is 4. The van der Waals surface area contributed by atoms with Crippen LogP contribution in [0.4, 0.5) is 0 Å². The van der Waals surface area contributed by atoms with Gasteiger partial charge in [0, 0.05) is 11.5 Å². The Morgan fingerprint density at radius 2 is 1.89 bits per heavy atom. The first-order chi connectivity index (χ1) is 8.58. The number of thiol groups is 1. The topological polar surface area (TPSA) is 35.5 Å². The molecule has 0 saturated carbocycles. The van der Waals surface area contributed by atoms with Crippen LogP contribution in [0.3, 0.4) is 0 Å². The van der Waals surface area contributed by atoms with E-state index >= 15 is 0 Å². The summed E-state index contributed by atoms with van der Waals surface area (Å²) in [5.41, 5.74) is 0.931. The summed E-state index contributed by atoms with van der Waals surface area (Å²) in [6.45, 7) is 5.63. The molecule has 1 aromatic carbocycles. The third-order valence-corrected chi connectivity index (χ3v) is 2.52. The summed E-state index contributed by atoms with van der Waals surface area (Å²) < 4.78 is 10.4. The van der Waals surface area contributed by atoms with E-state index in [-0.39, 0.29) is 12.4 Å². The minimum atomic E-state index is -0.227. The molecule has 0 atom stereocenters. The zero-order valence-electron chi connectivity index (χ0n) is 10.9. The van der Waals surface area contributed by atoms with Gasteiger partial charge in [0.15, 0.2) is 0 Å². The predicted molar refractivity (Wildman–Crippen MR) is 74.0 cm³/mol. The molecule has 0 heterocycles. The van der Waals surface area contributed by atoms with E-state index in [9.17, 15) is 4.79 Å². The monoisotopic (exact) mass is 268 g/mol. The minimum Gasteiger partial charge on any atom is -0.463 e.